The molecule has 5 nitrogen and oxygen atoms in total. The zero-order valence-electron chi connectivity index (χ0n) is 13.1. The van der Waals surface area contributed by atoms with Crippen molar-refractivity contribution in [1.82, 2.24) is 10.2 Å². The Labute approximate surface area is 127 Å². The Morgan fingerprint density at radius 3 is 2.95 bits per heavy atom. The number of hydrogen-bond donors (Lipinski definition) is 1. The first-order chi connectivity index (χ1) is 10.3. The molecule has 5 heteroatoms. The lowest BCUT2D eigenvalue weighted by Gasteiger charge is -2.50. The van der Waals surface area contributed by atoms with E-state index in [4.69, 9.17) is 9.47 Å². The summed E-state index contributed by atoms with van der Waals surface area (Å²) in [4.78, 5) is 15.1. The Morgan fingerprint density at radius 1 is 1.38 bits per heavy atom. The van der Waals surface area contributed by atoms with Gasteiger partial charge in [0.25, 0.3) is 0 Å². The number of fused-ring (bicyclic) bond motifs is 1. The average molecular weight is 296 g/mol. The van der Waals surface area contributed by atoms with Crippen LogP contribution in [0.25, 0.3) is 0 Å². The number of carbonyl (C=O) groups excluding carboxylic acids is 1. The monoisotopic (exact) mass is 296 g/mol. The number of piperidine rings is 1. The maximum absolute atomic E-state index is 12.5. The summed E-state index contributed by atoms with van der Waals surface area (Å²) in [6, 6.07) is 0.625. The number of carbonyl (C=O) groups is 1. The number of rotatable bonds is 3. The summed E-state index contributed by atoms with van der Waals surface area (Å²) in [5.41, 5.74) is -0.267. The summed E-state index contributed by atoms with van der Waals surface area (Å²) in [5.74, 6) is 0.502. The molecule has 120 valence electrons. The number of esters is 1. The summed E-state index contributed by atoms with van der Waals surface area (Å²) in [6.07, 6.45) is 4.31. The van der Waals surface area contributed by atoms with Crippen molar-refractivity contribution < 1.29 is 14.3 Å². The van der Waals surface area contributed by atoms with Crippen molar-refractivity contribution in [3.63, 3.8) is 0 Å². The number of morpholine rings is 1. The molecule has 2 aliphatic heterocycles. The van der Waals surface area contributed by atoms with E-state index in [0.717, 1.165) is 65.1 Å². The Kier molecular flexibility index (Phi) is 4.82. The molecule has 1 N–H and O–H groups in total. The molecular formula is C16H28N2O3. The topological polar surface area (TPSA) is 50.8 Å². The Hall–Kier alpha value is -0.650. The van der Waals surface area contributed by atoms with Crippen molar-refractivity contribution in [2.45, 2.75) is 38.6 Å². The van der Waals surface area contributed by atoms with E-state index in [1.807, 2.05) is 6.92 Å². The van der Waals surface area contributed by atoms with Gasteiger partial charge < -0.3 is 14.8 Å². The van der Waals surface area contributed by atoms with Gasteiger partial charge in [0, 0.05) is 25.7 Å². The van der Waals surface area contributed by atoms with Gasteiger partial charge in [0.2, 0.25) is 0 Å². The molecule has 0 bridgehead atoms. The molecule has 0 aromatic rings. The van der Waals surface area contributed by atoms with Crippen molar-refractivity contribution in [2.24, 2.45) is 11.3 Å². The lowest BCUT2D eigenvalue weighted by atomic mass is 9.62. The third-order valence-corrected chi connectivity index (χ3v) is 5.62. The van der Waals surface area contributed by atoms with Gasteiger partial charge in [0.05, 0.1) is 25.2 Å². The highest BCUT2D eigenvalue weighted by molar-refractivity contribution is 5.78. The predicted octanol–water partition coefficient (Wildman–Crippen LogP) is 1.03. The summed E-state index contributed by atoms with van der Waals surface area (Å²) in [6.45, 7) is 8.01. The highest BCUT2D eigenvalue weighted by Crippen LogP contribution is 2.46. The van der Waals surface area contributed by atoms with Gasteiger partial charge in [-0.15, -0.1) is 0 Å². The van der Waals surface area contributed by atoms with E-state index in [0.29, 0.717) is 18.6 Å². The van der Waals surface area contributed by atoms with E-state index in [9.17, 15) is 4.79 Å². The van der Waals surface area contributed by atoms with Crippen LogP contribution in [-0.2, 0) is 14.3 Å². The molecule has 0 unspecified atom stereocenters. The van der Waals surface area contributed by atoms with Crippen LogP contribution in [0.4, 0.5) is 0 Å². The molecule has 3 fully saturated rings. The number of nitrogens with one attached hydrogen (secondary N) is 1. The van der Waals surface area contributed by atoms with Gasteiger partial charge in [0.15, 0.2) is 0 Å². The molecule has 0 amide bonds. The van der Waals surface area contributed by atoms with Crippen LogP contribution in [0.2, 0.25) is 0 Å². The van der Waals surface area contributed by atoms with Crippen LogP contribution in [0.3, 0.4) is 0 Å². The van der Waals surface area contributed by atoms with E-state index in [1.54, 1.807) is 0 Å². The minimum Gasteiger partial charge on any atom is -0.466 e. The van der Waals surface area contributed by atoms with Gasteiger partial charge in [-0.05, 0) is 45.1 Å². The summed E-state index contributed by atoms with van der Waals surface area (Å²) < 4.78 is 10.9. The third-order valence-electron chi connectivity index (χ3n) is 5.62. The molecule has 1 saturated carbocycles. The van der Waals surface area contributed by atoms with Crippen LogP contribution in [0.1, 0.15) is 32.6 Å². The molecule has 1 aliphatic carbocycles. The van der Waals surface area contributed by atoms with E-state index < -0.39 is 0 Å². The third kappa shape index (κ3) is 2.96. The zero-order chi connectivity index (χ0) is 14.7. The lowest BCUT2D eigenvalue weighted by molar-refractivity contribution is -0.165. The predicted molar refractivity (Wildman–Crippen MR) is 80.1 cm³/mol. The number of ether oxygens (including phenoxy) is 2. The number of nitrogens with zero attached hydrogens (tertiary/aromatic N) is 1. The Bertz CT molecular complexity index is 371. The molecule has 2 heterocycles. The molecule has 3 rings (SSSR count). The first-order valence-corrected chi connectivity index (χ1v) is 8.46. The smallest absolute Gasteiger partial charge is 0.313 e. The van der Waals surface area contributed by atoms with E-state index >= 15 is 0 Å². The zero-order valence-corrected chi connectivity index (χ0v) is 13.1. The van der Waals surface area contributed by atoms with Crippen LogP contribution >= 0.6 is 0 Å². The molecule has 2 saturated heterocycles. The first-order valence-electron chi connectivity index (χ1n) is 8.46. The number of hydrogen-bond acceptors (Lipinski definition) is 5. The quantitative estimate of drug-likeness (QED) is 0.788. The van der Waals surface area contributed by atoms with Crippen molar-refractivity contribution in [2.75, 3.05) is 46.0 Å². The van der Waals surface area contributed by atoms with Crippen LogP contribution in [-0.4, -0.2) is 62.9 Å². The second-order valence-electron chi connectivity index (χ2n) is 6.62. The van der Waals surface area contributed by atoms with Crippen LogP contribution in [0.5, 0.6) is 0 Å². The standard InChI is InChI=1S/C16H28N2O3/c1-2-21-15(19)16-5-3-14(18-7-9-20-10-8-18)11-13(16)4-6-17-12-16/h13-14,17H,2-12H2,1H3/t13-,14-,16-/m1/s1. The van der Waals surface area contributed by atoms with Gasteiger partial charge in [-0.1, -0.05) is 0 Å². The molecular weight excluding hydrogens is 268 g/mol. The van der Waals surface area contributed by atoms with Gasteiger partial charge in [-0.3, -0.25) is 9.69 Å². The van der Waals surface area contributed by atoms with Crippen molar-refractivity contribution in [3.05, 3.63) is 0 Å². The molecule has 0 aromatic carbocycles. The Morgan fingerprint density at radius 2 is 2.19 bits per heavy atom. The molecule has 0 spiro atoms. The molecule has 3 aliphatic rings. The molecule has 3 atom stereocenters. The first kappa shape index (κ1) is 15.3. The van der Waals surface area contributed by atoms with Gasteiger partial charge in [0.1, 0.15) is 0 Å². The summed E-state index contributed by atoms with van der Waals surface area (Å²) >= 11 is 0. The molecule has 0 radical (unpaired) electrons. The largest absolute Gasteiger partial charge is 0.466 e. The SMILES string of the molecule is CCOC(=O)[C@@]12CC[C@@H](N3CCOCC3)C[C@H]1CCNC2. The minimum atomic E-state index is -0.267. The fourth-order valence-corrected chi connectivity index (χ4v) is 4.40. The highest BCUT2D eigenvalue weighted by atomic mass is 16.5. The van der Waals surface area contributed by atoms with Crippen LogP contribution in [0.15, 0.2) is 0 Å². The average Bonchev–Trinajstić information content (AvgIpc) is 2.55. The lowest BCUT2D eigenvalue weighted by Crippen LogP contribution is -2.58. The second kappa shape index (κ2) is 6.63. The van der Waals surface area contributed by atoms with Crippen LogP contribution < -0.4 is 5.32 Å². The molecule has 0 aromatic heterocycles. The van der Waals surface area contributed by atoms with Gasteiger partial charge >= 0.3 is 5.97 Å². The Balaban J connectivity index is 1.69. The summed E-state index contributed by atoms with van der Waals surface area (Å²) in [5, 5.41) is 3.42. The second-order valence-corrected chi connectivity index (χ2v) is 6.62. The van der Waals surface area contributed by atoms with E-state index in [1.165, 1.54) is 0 Å². The fraction of sp³-hybridized carbons (Fsp3) is 0.938. The van der Waals surface area contributed by atoms with E-state index in [2.05, 4.69) is 10.2 Å². The fourth-order valence-electron chi connectivity index (χ4n) is 4.40. The van der Waals surface area contributed by atoms with Gasteiger partial charge in [-0.2, -0.15) is 0 Å². The normalized spacial score (nSPS) is 37.8. The highest BCUT2D eigenvalue weighted by Gasteiger charge is 2.51. The summed E-state index contributed by atoms with van der Waals surface area (Å²) in [7, 11) is 0. The minimum absolute atomic E-state index is 0.0302. The molecule has 21 heavy (non-hydrogen) atoms. The van der Waals surface area contributed by atoms with Gasteiger partial charge in [-0.25, -0.2) is 0 Å². The van der Waals surface area contributed by atoms with Crippen LogP contribution in [0, 0.1) is 11.3 Å². The van der Waals surface area contributed by atoms with Crippen molar-refractivity contribution >= 4 is 5.97 Å². The van der Waals surface area contributed by atoms with Crippen molar-refractivity contribution in [3.8, 4) is 0 Å². The maximum Gasteiger partial charge on any atom is 0.313 e. The van der Waals surface area contributed by atoms with E-state index in [-0.39, 0.29) is 11.4 Å². The van der Waals surface area contributed by atoms with Crippen molar-refractivity contribution in [1.29, 1.82) is 0 Å². The maximum atomic E-state index is 12.5.